The van der Waals surface area contributed by atoms with Gasteiger partial charge in [0.1, 0.15) is 12.4 Å². The standard InChI is InChI=1S/C10H15N3O3S/c1-16-9(14)8(3-6-17-2)12-10(15)13-5-4-11-7-13/h4-5,7-8H,3,6H2,1-2H3,(H,12,15)/t8-/m0/s1. The lowest BCUT2D eigenvalue weighted by Crippen LogP contribution is -2.43. The van der Waals surface area contributed by atoms with Gasteiger partial charge in [0.2, 0.25) is 0 Å². The lowest BCUT2D eigenvalue weighted by molar-refractivity contribution is -0.142. The predicted octanol–water partition coefficient (Wildman–Crippen LogP) is 0.735. The summed E-state index contributed by atoms with van der Waals surface area (Å²) in [4.78, 5) is 26.9. The summed E-state index contributed by atoms with van der Waals surface area (Å²) >= 11 is 1.60. The van der Waals surface area contributed by atoms with Crippen LogP contribution >= 0.6 is 11.8 Å². The van der Waals surface area contributed by atoms with Crippen LogP contribution in [-0.4, -0.2) is 46.7 Å². The number of amides is 1. The summed E-state index contributed by atoms with van der Waals surface area (Å²) in [6, 6.07) is -1.01. The first-order valence-electron chi connectivity index (χ1n) is 5.04. The highest BCUT2D eigenvalue weighted by Gasteiger charge is 2.21. The van der Waals surface area contributed by atoms with Crippen LogP contribution in [0, 0.1) is 0 Å². The number of hydrogen-bond donors (Lipinski definition) is 1. The highest BCUT2D eigenvalue weighted by molar-refractivity contribution is 7.98. The predicted molar refractivity (Wildman–Crippen MR) is 65.0 cm³/mol. The molecule has 0 radical (unpaired) electrons. The third kappa shape index (κ3) is 4.10. The van der Waals surface area contributed by atoms with Crippen LogP contribution in [0.3, 0.4) is 0 Å². The van der Waals surface area contributed by atoms with Crippen molar-refractivity contribution in [2.75, 3.05) is 19.1 Å². The van der Waals surface area contributed by atoms with E-state index < -0.39 is 12.0 Å². The topological polar surface area (TPSA) is 73.2 Å². The third-order valence-corrected chi connectivity index (χ3v) is 2.78. The van der Waals surface area contributed by atoms with Gasteiger partial charge in [-0.2, -0.15) is 11.8 Å². The summed E-state index contributed by atoms with van der Waals surface area (Å²) < 4.78 is 5.91. The van der Waals surface area contributed by atoms with Crippen LogP contribution in [0.1, 0.15) is 6.42 Å². The molecule has 1 rings (SSSR count). The molecule has 1 amide bonds. The maximum absolute atomic E-state index is 11.7. The number of aromatic nitrogens is 2. The Bertz CT molecular complexity index is 367. The Kier molecular flexibility index (Phi) is 5.55. The van der Waals surface area contributed by atoms with Crippen LogP contribution in [0.2, 0.25) is 0 Å². The molecule has 0 saturated heterocycles. The molecular formula is C10H15N3O3S. The van der Waals surface area contributed by atoms with Gasteiger partial charge in [-0.05, 0) is 18.4 Å². The number of methoxy groups -OCH3 is 1. The van der Waals surface area contributed by atoms with E-state index in [-0.39, 0.29) is 6.03 Å². The summed E-state index contributed by atoms with van der Waals surface area (Å²) in [5.41, 5.74) is 0. The van der Waals surface area contributed by atoms with Gasteiger partial charge in [0.05, 0.1) is 7.11 Å². The van der Waals surface area contributed by atoms with E-state index in [2.05, 4.69) is 15.0 Å². The maximum Gasteiger partial charge on any atom is 0.328 e. The molecular weight excluding hydrogens is 242 g/mol. The molecule has 0 aliphatic heterocycles. The number of imidazole rings is 1. The van der Waals surface area contributed by atoms with Crippen LogP contribution in [0.25, 0.3) is 0 Å². The number of carbonyl (C=O) groups is 2. The van der Waals surface area contributed by atoms with E-state index in [1.807, 2.05) is 6.26 Å². The van der Waals surface area contributed by atoms with E-state index in [0.29, 0.717) is 6.42 Å². The van der Waals surface area contributed by atoms with Gasteiger partial charge in [-0.1, -0.05) is 0 Å². The first-order chi connectivity index (χ1) is 8.19. The molecule has 0 aromatic carbocycles. The Balaban J connectivity index is 2.59. The number of esters is 1. The number of hydrogen-bond acceptors (Lipinski definition) is 5. The lowest BCUT2D eigenvalue weighted by atomic mass is 10.2. The minimum atomic E-state index is -0.623. The molecule has 1 atom stereocenters. The molecule has 1 heterocycles. The van der Waals surface area contributed by atoms with E-state index in [0.717, 1.165) is 5.75 Å². The minimum Gasteiger partial charge on any atom is -0.467 e. The average Bonchev–Trinajstić information content (AvgIpc) is 2.87. The van der Waals surface area contributed by atoms with Crippen molar-refractivity contribution in [2.24, 2.45) is 0 Å². The third-order valence-electron chi connectivity index (χ3n) is 2.13. The lowest BCUT2D eigenvalue weighted by Gasteiger charge is -2.15. The molecule has 0 bridgehead atoms. The Hall–Kier alpha value is -1.50. The number of carbonyl (C=O) groups excluding carboxylic acids is 2. The number of nitrogens with one attached hydrogen (secondary N) is 1. The van der Waals surface area contributed by atoms with Gasteiger partial charge in [-0.15, -0.1) is 0 Å². The Labute approximate surface area is 104 Å². The average molecular weight is 257 g/mol. The van der Waals surface area contributed by atoms with Gasteiger partial charge >= 0.3 is 12.0 Å². The van der Waals surface area contributed by atoms with Crippen molar-refractivity contribution in [2.45, 2.75) is 12.5 Å². The molecule has 94 valence electrons. The summed E-state index contributed by atoms with van der Waals surface area (Å²) in [5, 5.41) is 2.60. The molecule has 1 aromatic rings. The highest BCUT2D eigenvalue weighted by atomic mass is 32.2. The zero-order valence-electron chi connectivity index (χ0n) is 9.75. The van der Waals surface area contributed by atoms with Crippen molar-refractivity contribution in [3.8, 4) is 0 Å². The second-order valence-corrected chi connectivity index (χ2v) is 4.26. The van der Waals surface area contributed by atoms with E-state index in [4.69, 9.17) is 0 Å². The molecule has 0 fully saturated rings. The highest BCUT2D eigenvalue weighted by Crippen LogP contribution is 2.03. The summed E-state index contributed by atoms with van der Waals surface area (Å²) in [5.74, 6) is 0.330. The number of thioether (sulfide) groups is 1. The second-order valence-electron chi connectivity index (χ2n) is 3.28. The fraction of sp³-hybridized carbons (Fsp3) is 0.500. The molecule has 0 aliphatic carbocycles. The largest absolute Gasteiger partial charge is 0.467 e. The van der Waals surface area contributed by atoms with Crippen molar-refractivity contribution < 1.29 is 14.3 Å². The molecule has 17 heavy (non-hydrogen) atoms. The summed E-state index contributed by atoms with van der Waals surface area (Å²) in [7, 11) is 1.30. The quantitative estimate of drug-likeness (QED) is 0.787. The van der Waals surface area contributed by atoms with Crippen LogP contribution in [-0.2, 0) is 9.53 Å². The monoisotopic (exact) mass is 257 g/mol. The van der Waals surface area contributed by atoms with Gasteiger partial charge in [-0.25, -0.2) is 14.6 Å². The SMILES string of the molecule is COC(=O)[C@H](CCSC)NC(=O)n1ccnc1. The van der Waals surface area contributed by atoms with E-state index in [1.54, 1.807) is 11.8 Å². The Morgan fingerprint density at radius 1 is 1.59 bits per heavy atom. The van der Waals surface area contributed by atoms with Crippen LogP contribution in [0.5, 0.6) is 0 Å². The Morgan fingerprint density at radius 2 is 2.35 bits per heavy atom. The van der Waals surface area contributed by atoms with Crippen molar-refractivity contribution in [3.63, 3.8) is 0 Å². The molecule has 0 saturated carbocycles. The molecule has 1 aromatic heterocycles. The van der Waals surface area contributed by atoms with Gasteiger partial charge in [-0.3, -0.25) is 4.57 Å². The molecule has 7 heteroatoms. The second kappa shape index (κ2) is 6.95. The van der Waals surface area contributed by atoms with Crippen molar-refractivity contribution in [1.29, 1.82) is 0 Å². The zero-order chi connectivity index (χ0) is 12.7. The van der Waals surface area contributed by atoms with Crippen molar-refractivity contribution in [1.82, 2.24) is 14.9 Å². The number of ether oxygens (including phenoxy) is 1. The van der Waals surface area contributed by atoms with E-state index >= 15 is 0 Å². The van der Waals surface area contributed by atoms with Crippen LogP contribution in [0.4, 0.5) is 4.79 Å². The van der Waals surface area contributed by atoms with E-state index in [1.165, 1.54) is 30.4 Å². The summed E-state index contributed by atoms with van der Waals surface area (Å²) in [6.45, 7) is 0. The van der Waals surface area contributed by atoms with E-state index in [9.17, 15) is 9.59 Å². The van der Waals surface area contributed by atoms with Gasteiger partial charge in [0.25, 0.3) is 0 Å². The fourth-order valence-corrected chi connectivity index (χ4v) is 1.70. The van der Waals surface area contributed by atoms with Gasteiger partial charge in [0.15, 0.2) is 0 Å². The molecule has 6 nitrogen and oxygen atoms in total. The van der Waals surface area contributed by atoms with Gasteiger partial charge in [0, 0.05) is 12.4 Å². The molecule has 1 N–H and O–H groups in total. The Morgan fingerprint density at radius 3 is 2.88 bits per heavy atom. The summed E-state index contributed by atoms with van der Waals surface area (Å²) in [6.07, 6.45) is 6.85. The zero-order valence-corrected chi connectivity index (χ0v) is 10.6. The first kappa shape index (κ1) is 13.6. The normalized spacial score (nSPS) is 11.9. The van der Waals surface area contributed by atoms with Crippen LogP contribution < -0.4 is 5.32 Å². The maximum atomic E-state index is 11.7. The van der Waals surface area contributed by atoms with Gasteiger partial charge < -0.3 is 10.1 Å². The van der Waals surface area contributed by atoms with Crippen molar-refractivity contribution >= 4 is 23.8 Å². The first-order valence-corrected chi connectivity index (χ1v) is 6.44. The fourth-order valence-electron chi connectivity index (χ4n) is 1.23. The smallest absolute Gasteiger partial charge is 0.328 e. The molecule has 0 spiro atoms. The molecule has 0 aliphatic rings. The molecule has 0 unspecified atom stereocenters. The van der Waals surface area contributed by atoms with Crippen LogP contribution in [0.15, 0.2) is 18.7 Å². The van der Waals surface area contributed by atoms with Crippen molar-refractivity contribution in [3.05, 3.63) is 18.7 Å². The number of nitrogens with zero attached hydrogens (tertiary/aromatic N) is 2. The number of rotatable bonds is 5. The minimum absolute atomic E-state index is 0.390.